The minimum Gasteiger partial charge on any atom is -0.378 e. The Morgan fingerprint density at radius 3 is 2.94 bits per heavy atom. The summed E-state index contributed by atoms with van der Waals surface area (Å²) in [7, 11) is 1.83. The molecular weight excluding hydrogens is 202 g/mol. The zero-order chi connectivity index (χ0) is 11.4. The molecule has 2 rings (SSSR count). The van der Waals surface area contributed by atoms with Gasteiger partial charge in [0.2, 0.25) is 0 Å². The van der Waals surface area contributed by atoms with Crippen molar-refractivity contribution in [3.8, 4) is 6.07 Å². The van der Waals surface area contributed by atoms with Crippen molar-refractivity contribution in [2.75, 3.05) is 5.32 Å². The van der Waals surface area contributed by atoms with E-state index in [1.54, 1.807) is 16.9 Å². The van der Waals surface area contributed by atoms with E-state index in [-0.39, 0.29) is 0 Å². The van der Waals surface area contributed by atoms with Gasteiger partial charge in [-0.3, -0.25) is 4.68 Å². The maximum absolute atomic E-state index is 8.91. The van der Waals surface area contributed by atoms with Gasteiger partial charge in [0.25, 0.3) is 0 Å². The maximum atomic E-state index is 8.91. The van der Waals surface area contributed by atoms with Crippen molar-refractivity contribution in [3.63, 3.8) is 0 Å². The van der Waals surface area contributed by atoms with Gasteiger partial charge in [-0.25, -0.2) is 0 Å². The molecule has 1 N–H and O–H groups in total. The standard InChI is InChI=1S/C11H11N5/c1-16-10(8-14-15-16)7-13-11-5-3-2-4-9(11)6-12/h2-5,8,13H,7H2,1H3. The normalized spacial score (nSPS) is 9.75. The number of nitriles is 1. The second kappa shape index (κ2) is 4.45. The molecule has 0 saturated heterocycles. The van der Waals surface area contributed by atoms with Gasteiger partial charge < -0.3 is 5.32 Å². The van der Waals surface area contributed by atoms with Gasteiger partial charge in [0.1, 0.15) is 6.07 Å². The number of hydrogen-bond donors (Lipinski definition) is 1. The van der Waals surface area contributed by atoms with Crippen LogP contribution in [-0.2, 0) is 13.6 Å². The Balaban J connectivity index is 2.11. The number of nitrogens with one attached hydrogen (secondary N) is 1. The topological polar surface area (TPSA) is 66.5 Å². The fourth-order valence-electron chi connectivity index (χ4n) is 1.39. The Morgan fingerprint density at radius 2 is 2.25 bits per heavy atom. The molecule has 0 aliphatic rings. The lowest BCUT2D eigenvalue weighted by molar-refractivity contribution is 0.683. The molecule has 0 aliphatic carbocycles. The van der Waals surface area contributed by atoms with Gasteiger partial charge >= 0.3 is 0 Å². The van der Waals surface area contributed by atoms with E-state index in [2.05, 4.69) is 21.7 Å². The highest BCUT2D eigenvalue weighted by atomic mass is 15.4. The number of anilines is 1. The molecule has 0 bridgehead atoms. The molecule has 16 heavy (non-hydrogen) atoms. The third-order valence-corrected chi connectivity index (χ3v) is 2.32. The zero-order valence-electron chi connectivity index (χ0n) is 8.88. The third kappa shape index (κ3) is 2.01. The molecule has 5 heteroatoms. The molecule has 0 aliphatic heterocycles. The van der Waals surface area contributed by atoms with Crippen LogP contribution in [0.25, 0.3) is 0 Å². The second-order valence-corrected chi connectivity index (χ2v) is 3.36. The van der Waals surface area contributed by atoms with E-state index in [4.69, 9.17) is 5.26 Å². The smallest absolute Gasteiger partial charge is 0.101 e. The van der Waals surface area contributed by atoms with Gasteiger partial charge in [0, 0.05) is 7.05 Å². The Labute approximate surface area is 93.3 Å². The molecule has 0 atom stereocenters. The lowest BCUT2D eigenvalue weighted by atomic mass is 10.2. The molecule has 0 unspecified atom stereocenters. The van der Waals surface area contributed by atoms with E-state index in [1.165, 1.54) is 0 Å². The van der Waals surface area contributed by atoms with E-state index in [0.29, 0.717) is 12.1 Å². The first kappa shape index (κ1) is 10.2. The first-order chi connectivity index (χ1) is 7.81. The highest BCUT2D eigenvalue weighted by Crippen LogP contribution is 2.14. The summed E-state index contributed by atoms with van der Waals surface area (Å²) in [5, 5.41) is 19.7. The van der Waals surface area contributed by atoms with Crippen molar-refractivity contribution in [1.29, 1.82) is 5.26 Å². The summed E-state index contributed by atoms with van der Waals surface area (Å²) in [6.45, 7) is 0.599. The van der Waals surface area contributed by atoms with E-state index in [0.717, 1.165) is 11.4 Å². The average Bonchev–Trinajstić information content (AvgIpc) is 2.72. The Bertz CT molecular complexity index is 523. The molecule has 1 heterocycles. The van der Waals surface area contributed by atoms with Crippen LogP contribution >= 0.6 is 0 Å². The minimum atomic E-state index is 0.599. The predicted octanol–water partition coefficient (Wildman–Crippen LogP) is 1.30. The predicted molar refractivity (Wildman–Crippen MR) is 59.5 cm³/mol. The molecule has 1 aromatic heterocycles. The average molecular weight is 213 g/mol. The number of nitrogens with zero attached hydrogens (tertiary/aromatic N) is 4. The summed E-state index contributed by atoms with van der Waals surface area (Å²) < 4.78 is 1.70. The molecule has 0 radical (unpaired) electrons. The van der Waals surface area contributed by atoms with Crippen molar-refractivity contribution >= 4 is 5.69 Å². The van der Waals surface area contributed by atoms with Crippen LogP contribution in [-0.4, -0.2) is 15.0 Å². The lowest BCUT2D eigenvalue weighted by Crippen LogP contribution is -2.06. The maximum Gasteiger partial charge on any atom is 0.101 e. The van der Waals surface area contributed by atoms with Crippen LogP contribution in [0.15, 0.2) is 30.5 Å². The fourth-order valence-corrected chi connectivity index (χ4v) is 1.39. The number of benzene rings is 1. The van der Waals surface area contributed by atoms with Gasteiger partial charge in [-0.15, -0.1) is 5.10 Å². The number of aromatic nitrogens is 3. The second-order valence-electron chi connectivity index (χ2n) is 3.36. The van der Waals surface area contributed by atoms with Crippen molar-refractivity contribution < 1.29 is 0 Å². The molecule has 1 aromatic carbocycles. The van der Waals surface area contributed by atoms with Crippen molar-refractivity contribution in [2.45, 2.75) is 6.54 Å². The van der Waals surface area contributed by atoms with E-state index in [1.807, 2.05) is 25.2 Å². The number of aryl methyl sites for hydroxylation is 1. The van der Waals surface area contributed by atoms with Crippen molar-refractivity contribution in [2.24, 2.45) is 7.05 Å². The van der Waals surface area contributed by atoms with Crippen LogP contribution in [0.4, 0.5) is 5.69 Å². The molecule has 0 amide bonds. The number of para-hydroxylation sites is 1. The van der Waals surface area contributed by atoms with E-state index in [9.17, 15) is 0 Å². The molecule has 0 spiro atoms. The van der Waals surface area contributed by atoms with Gasteiger partial charge in [-0.2, -0.15) is 5.26 Å². The monoisotopic (exact) mass is 213 g/mol. The van der Waals surface area contributed by atoms with Crippen molar-refractivity contribution in [1.82, 2.24) is 15.0 Å². The van der Waals surface area contributed by atoms with Crippen LogP contribution in [0.1, 0.15) is 11.3 Å². The first-order valence-corrected chi connectivity index (χ1v) is 4.88. The Morgan fingerprint density at radius 1 is 1.44 bits per heavy atom. The summed E-state index contributed by atoms with van der Waals surface area (Å²) in [5.41, 5.74) is 2.43. The van der Waals surface area contributed by atoms with Gasteiger partial charge in [0.15, 0.2) is 0 Å². The number of hydrogen-bond acceptors (Lipinski definition) is 4. The van der Waals surface area contributed by atoms with Crippen LogP contribution < -0.4 is 5.32 Å². The van der Waals surface area contributed by atoms with E-state index < -0.39 is 0 Å². The highest BCUT2D eigenvalue weighted by molar-refractivity contribution is 5.57. The lowest BCUT2D eigenvalue weighted by Gasteiger charge is -2.07. The van der Waals surface area contributed by atoms with Crippen LogP contribution in [0, 0.1) is 11.3 Å². The fraction of sp³-hybridized carbons (Fsp3) is 0.182. The van der Waals surface area contributed by atoms with E-state index >= 15 is 0 Å². The zero-order valence-corrected chi connectivity index (χ0v) is 8.88. The summed E-state index contributed by atoms with van der Waals surface area (Å²) in [4.78, 5) is 0. The summed E-state index contributed by atoms with van der Waals surface area (Å²) in [6.07, 6.45) is 1.70. The van der Waals surface area contributed by atoms with Crippen molar-refractivity contribution in [3.05, 3.63) is 41.7 Å². The molecule has 80 valence electrons. The van der Waals surface area contributed by atoms with Crippen LogP contribution in [0.3, 0.4) is 0 Å². The van der Waals surface area contributed by atoms with Gasteiger partial charge in [-0.1, -0.05) is 17.3 Å². The van der Waals surface area contributed by atoms with Gasteiger partial charge in [0.05, 0.1) is 29.7 Å². The Kier molecular flexibility index (Phi) is 2.83. The highest BCUT2D eigenvalue weighted by Gasteiger charge is 2.02. The first-order valence-electron chi connectivity index (χ1n) is 4.88. The minimum absolute atomic E-state index is 0.599. The summed E-state index contributed by atoms with van der Waals surface area (Å²) in [6, 6.07) is 9.53. The summed E-state index contributed by atoms with van der Waals surface area (Å²) >= 11 is 0. The third-order valence-electron chi connectivity index (χ3n) is 2.32. The molecule has 5 nitrogen and oxygen atoms in total. The SMILES string of the molecule is Cn1nncc1CNc1ccccc1C#N. The number of rotatable bonds is 3. The molecule has 0 saturated carbocycles. The van der Waals surface area contributed by atoms with Gasteiger partial charge in [-0.05, 0) is 12.1 Å². The molecule has 2 aromatic rings. The summed E-state index contributed by atoms with van der Waals surface area (Å²) in [5.74, 6) is 0. The quantitative estimate of drug-likeness (QED) is 0.834. The van der Waals surface area contributed by atoms with Crippen LogP contribution in [0.5, 0.6) is 0 Å². The Hall–Kier alpha value is -2.35. The largest absolute Gasteiger partial charge is 0.378 e. The van der Waals surface area contributed by atoms with Crippen LogP contribution in [0.2, 0.25) is 0 Å². The molecular formula is C11H11N5. The molecule has 0 fully saturated rings.